The summed E-state index contributed by atoms with van der Waals surface area (Å²) < 4.78 is 18.2. The second-order valence-corrected chi connectivity index (χ2v) is 4.02. The van der Waals surface area contributed by atoms with Crippen LogP contribution in [-0.4, -0.2) is 0 Å². The van der Waals surface area contributed by atoms with Crippen LogP contribution < -0.4 is 5.73 Å². The van der Waals surface area contributed by atoms with Gasteiger partial charge in [-0.3, -0.25) is 0 Å². The van der Waals surface area contributed by atoms with E-state index in [0.29, 0.717) is 6.42 Å². The number of hydrogen-bond donors (Lipinski definition) is 1. The summed E-state index contributed by atoms with van der Waals surface area (Å²) >= 11 is 5.60. The molecule has 2 N–H and O–H groups in total. The standard InChI is InChI=1S/C12H11ClFNO/c13-10-2-1-9(6-11(10)14)12(15)5-8-3-4-16-7-8/h1-4,6-7,12H,5,15H2. The van der Waals surface area contributed by atoms with Gasteiger partial charge in [-0.1, -0.05) is 17.7 Å². The Morgan fingerprint density at radius 3 is 2.81 bits per heavy atom. The summed E-state index contributed by atoms with van der Waals surface area (Å²) in [6, 6.07) is 6.20. The van der Waals surface area contributed by atoms with Crippen molar-refractivity contribution in [3.8, 4) is 0 Å². The van der Waals surface area contributed by atoms with E-state index in [2.05, 4.69) is 0 Å². The van der Waals surface area contributed by atoms with E-state index in [4.69, 9.17) is 21.8 Å². The van der Waals surface area contributed by atoms with Crippen LogP contribution in [0.25, 0.3) is 0 Å². The van der Waals surface area contributed by atoms with Gasteiger partial charge in [0.2, 0.25) is 0 Å². The van der Waals surface area contributed by atoms with E-state index in [0.717, 1.165) is 11.1 Å². The lowest BCUT2D eigenvalue weighted by Crippen LogP contribution is -2.13. The summed E-state index contributed by atoms with van der Waals surface area (Å²) in [6.45, 7) is 0. The first kappa shape index (κ1) is 11.2. The first-order valence-corrected chi connectivity index (χ1v) is 5.26. The van der Waals surface area contributed by atoms with Crippen molar-refractivity contribution in [3.63, 3.8) is 0 Å². The van der Waals surface area contributed by atoms with Crippen LogP contribution in [0.3, 0.4) is 0 Å². The first-order valence-electron chi connectivity index (χ1n) is 4.88. The SMILES string of the molecule is NC(Cc1ccoc1)c1ccc(Cl)c(F)c1. The maximum atomic E-state index is 13.2. The normalized spacial score (nSPS) is 12.7. The minimum absolute atomic E-state index is 0.110. The summed E-state index contributed by atoms with van der Waals surface area (Å²) in [5.74, 6) is -0.443. The van der Waals surface area contributed by atoms with Crippen molar-refractivity contribution >= 4 is 11.6 Å². The van der Waals surface area contributed by atoms with Gasteiger partial charge in [0.05, 0.1) is 17.5 Å². The summed E-state index contributed by atoms with van der Waals surface area (Å²) in [5, 5.41) is 0.110. The number of nitrogens with two attached hydrogens (primary N) is 1. The van der Waals surface area contributed by atoms with Crippen molar-refractivity contribution in [1.82, 2.24) is 0 Å². The van der Waals surface area contributed by atoms with Crippen LogP contribution in [0.1, 0.15) is 17.2 Å². The van der Waals surface area contributed by atoms with E-state index >= 15 is 0 Å². The molecule has 84 valence electrons. The van der Waals surface area contributed by atoms with Crippen molar-refractivity contribution in [2.45, 2.75) is 12.5 Å². The quantitative estimate of drug-likeness (QED) is 0.893. The van der Waals surface area contributed by atoms with Crippen LogP contribution in [0.2, 0.25) is 5.02 Å². The molecule has 0 saturated carbocycles. The molecule has 0 radical (unpaired) electrons. The highest BCUT2D eigenvalue weighted by atomic mass is 35.5. The molecule has 0 amide bonds. The van der Waals surface area contributed by atoms with Gasteiger partial charge in [-0.05, 0) is 35.7 Å². The fraction of sp³-hybridized carbons (Fsp3) is 0.167. The second kappa shape index (κ2) is 4.68. The van der Waals surface area contributed by atoms with Gasteiger partial charge in [0.25, 0.3) is 0 Å². The Morgan fingerprint density at radius 1 is 1.38 bits per heavy atom. The minimum Gasteiger partial charge on any atom is -0.472 e. The Hall–Kier alpha value is -1.32. The molecule has 0 spiro atoms. The van der Waals surface area contributed by atoms with Gasteiger partial charge in [-0.2, -0.15) is 0 Å². The lowest BCUT2D eigenvalue weighted by atomic mass is 10.0. The predicted octanol–water partition coefficient (Wildman–Crippen LogP) is 3.31. The molecule has 2 rings (SSSR count). The van der Waals surface area contributed by atoms with Crippen LogP contribution in [-0.2, 0) is 6.42 Å². The maximum Gasteiger partial charge on any atom is 0.142 e. The fourth-order valence-electron chi connectivity index (χ4n) is 1.52. The molecule has 0 fully saturated rings. The molecular formula is C12H11ClFNO. The first-order chi connectivity index (χ1) is 7.66. The Kier molecular flexibility index (Phi) is 3.27. The molecular weight excluding hydrogens is 229 g/mol. The number of furan rings is 1. The van der Waals surface area contributed by atoms with Crippen LogP contribution in [0.4, 0.5) is 4.39 Å². The lowest BCUT2D eigenvalue weighted by Gasteiger charge is -2.11. The van der Waals surface area contributed by atoms with Crippen molar-refractivity contribution < 1.29 is 8.81 Å². The minimum atomic E-state index is -0.443. The molecule has 0 aliphatic heterocycles. The number of benzene rings is 1. The fourth-order valence-corrected chi connectivity index (χ4v) is 1.64. The zero-order valence-electron chi connectivity index (χ0n) is 8.49. The molecule has 1 atom stereocenters. The predicted molar refractivity (Wildman–Crippen MR) is 60.8 cm³/mol. The smallest absolute Gasteiger partial charge is 0.142 e. The number of hydrogen-bond acceptors (Lipinski definition) is 2. The zero-order chi connectivity index (χ0) is 11.5. The molecule has 4 heteroatoms. The summed E-state index contributed by atoms with van der Waals surface area (Å²) in [6.07, 6.45) is 3.83. The van der Waals surface area contributed by atoms with Crippen molar-refractivity contribution in [2.24, 2.45) is 5.73 Å². The summed E-state index contributed by atoms with van der Waals surface area (Å²) in [4.78, 5) is 0. The number of rotatable bonds is 3. The Balaban J connectivity index is 2.14. The van der Waals surface area contributed by atoms with Gasteiger partial charge in [-0.15, -0.1) is 0 Å². The molecule has 1 aromatic heterocycles. The highest BCUT2D eigenvalue weighted by Crippen LogP contribution is 2.21. The van der Waals surface area contributed by atoms with Gasteiger partial charge >= 0.3 is 0 Å². The molecule has 1 aromatic carbocycles. The molecule has 0 saturated heterocycles. The zero-order valence-corrected chi connectivity index (χ0v) is 9.25. The lowest BCUT2D eigenvalue weighted by molar-refractivity contribution is 0.561. The molecule has 16 heavy (non-hydrogen) atoms. The van der Waals surface area contributed by atoms with E-state index in [-0.39, 0.29) is 11.1 Å². The van der Waals surface area contributed by atoms with E-state index in [1.165, 1.54) is 12.1 Å². The molecule has 0 aliphatic carbocycles. The van der Waals surface area contributed by atoms with Crippen molar-refractivity contribution in [3.05, 3.63) is 58.8 Å². The molecule has 0 aliphatic rings. The van der Waals surface area contributed by atoms with Gasteiger partial charge < -0.3 is 10.2 Å². The monoisotopic (exact) mass is 239 g/mol. The van der Waals surface area contributed by atoms with E-state index in [9.17, 15) is 4.39 Å². The highest BCUT2D eigenvalue weighted by Gasteiger charge is 2.10. The Labute approximate surface area is 97.8 Å². The maximum absolute atomic E-state index is 13.2. The van der Waals surface area contributed by atoms with E-state index < -0.39 is 5.82 Å². The topological polar surface area (TPSA) is 39.2 Å². The van der Waals surface area contributed by atoms with Crippen LogP contribution in [0, 0.1) is 5.82 Å². The van der Waals surface area contributed by atoms with Gasteiger partial charge in [-0.25, -0.2) is 4.39 Å². The molecule has 1 heterocycles. The molecule has 2 aromatic rings. The molecule has 0 bridgehead atoms. The van der Waals surface area contributed by atoms with E-state index in [1.807, 2.05) is 6.07 Å². The average Bonchev–Trinajstić information content (AvgIpc) is 2.74. The summed E-state index contributed by atoms with van der Waals surface area (Å²) in [7, 11) is 0. The molecule has 2 nitrogen and oxygen atoms in total. The van der Waals surface area contributed by atoms with Crippen LogP contribution >= 0.6 is 11.6 Å². The van der Waals surface area contributed by atoms with Crippen molar-refractivity contribution in [2.75, 3.05) is 0 Å². The largest absolute Gasteiger partial charge is 0.472 e. The average molecular weight is 240 g/mol. The highest BCUT2D eigenvalue weighted by molar-refractivity contribution is 6.30. The van der Waals surface area contributed by atoms with Crippen molar-refractivity contribution in [1.29, 1.82) is 0 Å². The molecule has 1 unspecified atom stereocenters. The van der Waals surface area contributed by atoms with Gasteiger partial charge in [0.1, 0.15) is 5.82 Å². The third-order valence-corrected chi connectivity index (χ3v) is 2.71. The van der Waals surface area contributed by atoms with Crippen LogP contribution in [0.5, 0.6) is 0 Å². The number of halogens is 2. The second-order valence-electron chi connectivity index (χ2n) is 3.62. The van der Waals surface area contributed by atoms with Gasteiger partial charge in [0.15, 0.2) is 0 Å². The summed E-state index contributed by atoms with van der Waals surface area (Å²) in [5.41, 5.74) is 7.67. The third-order valence-electron chi connectivity index (χ3n) is 2.41. The van der Waals surface area contributed by atoms with Gasteiger partial charge in [0, 0.05) is 6.04 Å². The van der Waals surface area contributed by atoms with Crippen LogP contribution in [0.15, 0.2) is 41.2 Å². The Morgan fingerprint density at radius 2 is 2.19 bits per heavy atom. The van der Waals surface area contributed by atoms with E-state index in [1.54, 1.807) is 18.6 Å². The Bertz CT molecular complexity index is 470. The third kappa shape index (κ3) is 2.43.